The molecule has 0 aromatic heterocycles. The van der Waals surface area contributed by atoms with Crippen LogP contribution in [-0.2, 0) is 0 Å². The van der Waals surface area contributed by atoms with Gasteiger partial charge in [0.1, 0.15) is 4.99 Å². The van der Waals surface area contributed by atoms with E-state index in [9.17, 15) is 0 Å². The zero-order valence-corrected chi connectivity index (χ0v) is 12.9. The van der Waals surface area contributed by atoms with E-state index in [0.29, 0.717) is 16.9 Å². The summed E-state index contributed by atoms with van der Waals surface area (Å²) >= 11 is 8.51. The van der Waals surface area contributed by atoms with Crippen LogP contribution < -0.4 is 11.1 Å². The van der Waals surface area contributed by atoms with Crippen molar-refractivity contribution in [1.29, 1.82) is 0 Å². The maximum absolute atomic E-state index is 5.75. The molecule has 2 nitrogen and oxygen atoms in total. The molecule has 0 bridgehead atoms. The summed E-state index contributed by atoms with van der Waals surface area (Å²) in [7, 11) is 0. The third-order valence-corrected chi connectivity index (χ3v) is 3.55. The SMILES string of the molecule is CCC(Nc1ccc(Br)cc1C(N)=S)C(C)C. The molecule has 0 aliphatic rings. The van der Waals surface area contributed by atoms with E-state index in [2.05, 4.69) is 42.0 Å². The largest absolute Gasteiger partial charge is 0.389 e. The fraction of sp³-hybridized carbons (Fsp3) is 0.462. The molecule has 1 atom stereocenters. The van der Waals surface area contributed by atoms with Crippen molar-refractivity contribution in [1.82, 2.24) is 0 Å². The van der Waals surface area contributed by atoms with Crippen molar-refractivity contribution in [2.45, 2.75) is 33.2 Å². The molecule has 1 unspecified atom stereocenters. The van der Waals surface area contributed by atoms with E-state index in [4.69, 9.17) is 18.0 Å². The molecular formula is C13H19BrN2S. The van der Waals surface area contributed by atoms with Crippen molar-refractivity contribution in [3.05, 3.63) is 28.2 Å². The Morgan fingerprint density at radius 1 is 1.47 bits per heavy atom. The normalized spacial score (nSPS) is 12.5. The first-order valence-electron chi connectivity index (χ1n) is 5.81. The molecule has 0 fully saturated rings. The summed E-state index contributed by atoms with van der Waals surface area (Å²) in [5.74, 6) is 0.572. The minimum absolute atomic E-state index is 0.424. The van der Waals surface area contributed by atoms with Crippen molar-refractivity contribution in [3.8, 4) is 0 Å². The lowest BCUT2D eigenvalue weighted by Crippen LogP contribution is -2.26. The number of thiocarbonyl (C=S) groups is 1. The van der Waals surface area contributed by atoms with E-state index in [1.807, 2.05) is 18.2 Å². The van der Waals surface area contributed by atoms with Crippen molar-refractivity contribution < 1.29 is 0 Å². The van der Waals surface area contributed by atoms with Gasteiger partial charge in [0.05, 0.1) is 0 Å². The summed E-state index contributed by atoms with van der Waals surface area (Å²) in [5.41, 5.74) is 7.66. The molecule has 1 rings (SSSR count). The second-order valence-corrected chi connectivity index (χ2v) is 5.81. The minimum atomic E-state index is 0.424. The van der Waals surface area contributed by atoms with Crippen molar-refractivity contribution in [3.63, 3.8) is 0 Å². The Kier molecular flexibility index (Phi) is 5.40. The van der Waals surface area contributed by atoms with Crippen LogP contribution >= 0.6 is 28.1 Å². The summed E-state index contributed by atoms with van der Waals surface area (Å²) in [5, 5.41) is 3.52. The highest BCUT2D eigenvalue weighted by Crippen LogP contribution is 2.23. The van der Waals surface area contributed by atoms with E-state index in [0.717, 1.165) is 22.1 Å². The van der Waals surface area contributed by atoms with Crippen LogP contribution in [0.3, 0.4) is 0 Å². The Morgan fingerprint density at radius 2 is 2.12 bits per heavy atom. The van der Waals surface area contributed by atoms with Gasteiger partial charge in [-0.25, -0.2) is 0 Å². The average Bonchev–Trinajstić information content (AvgIpc) is 2.26. The van der Waals surface area contributed by atoms with Crippen molar-refractivity contribution >= 4 is 38.8 Å². The van der Waals surface area contributed by atoms with E-state index < -0.39 is 0 Å². The van der Waals surface area contributed by atoms with E-state index in [-0.39, 0.29) is 0 Å². The van der Waals surface area contributed by atoms with Crippen molar-refractivity contribution in [2.75, 3.05) is 5.32 Å². The zero-order chi connectivity index (χ0) is 13.0. The van der Waals surface area contributed by atoms with Crippen LogP contribution in [0.2, 0.25) is 0 Å². The minimum Gasteiger partial charge on any atom is -0.389 e. The van der Waals surface area contributed by atoms with Gasteiger partial charge >= 0.3 is 0 Å². The molecule has 0 radical (unpaired) electrons. The van der Waals surface area contributed by atoms with E-state index in [1.165, 1.54) is 0 Å². The Bertz CT molecular complexity index is 404. The topological polar surface area (TPSA) is 38.0 Å². The highest BCUT2D eigenvalue weighted by molar-refractivity contribution is 9.10. The standard InChI is InChI=1S/C13H19BrN2S/c1-4-11(8(2)3)16-12-6-5-9(14)7-10(12)13(15)17/h5-8,11,16H,4H2,1-3H3,(H2,15,17). The molecule has 94 valence electrons. The van der Waals surface area contributed by atoms with Gasteiger partial charge in [-0.15, -0.1) is 0 Å². The molecule has 1 aromatic rings. The summed E-state index contributed by atoms with van der Waals surface area (Å²) in [6.07, 6.45) is 1.07. The number of nitrogens with two attached hydrogens (primary N) is 1. The number of halogens is 1. The second-order valence-electron chi connectivity index (χ2n) is 4.46. The number of anilines is 1. The Morgan fingerprint density at radius 3 is 2.59 bits per heavy atom. The summed E-state index contributed by atoms with van der Waals surface area (Å²) < 4.78 is 0.989. The molecular weight excluding hydrogens is 296 g/mol. The molecule has 0 saturated carbocycles. The molecule has 0 amide bonds. The van der Waals surface area contributed by atoms with Crippen molar-refractivity contribution in [2.24, 2.45) is 11.7 Å². The van der Waals surface area contributed by atoms with Gasteiger partial charge in [-0.2, -0.15) is 0 Å². The number of hydrogen-bond acceptors (Lipinski definition) is 2. The first kappa shape index (κ1) is 14.5. The van der Waals surface area contributed by atoms with Gasteiger partial charge in [0.15, 0.2) is 0 Å². The number of hydrogen-bond donors (Lipinski definition) is 2. The van der Waals surface area contributed by atoms with Crippen LogP contribution in [0.1, 0.15) is 32.8 Å². The van der Waals surface area contributed by atoms with Gasteiger partial charge in [-0.3, -0.25) is 0 Å². The Labute approximate surface area is 117 Å². The van der Waals surface area contributed by atoms with Crippen LogP contribution in [0.25, 0.3) is 0 Å². The molecule has 0 heterocycles. The Balaban J connectivity index is 3.01. The van der Waals surface area contributed by atoms with Gasteiger partial charge in [0, 0.05) is 21.8 Å². The molecule has 4 heteroatoms. The molecule has 0 aliphatic carbocycles. The molecule has 0 spiro atoms. The van der Waals surface area contributed by atoms with Gasteiger partial charge in [0.2, 0.25) is 0 Å². The van der Waals surface area contributed by atoms with Gasteiger partial charge < -0.3 is 11.1 Å². The molecule has 1 aromatic carbocycles. The van der Waals surface area contributed by atoms with E-state index >= 15 is 0 Å². The molecule has 3 N–H and O–H groups in total. The Hall–Kier alpha value is -0.610. The van der Waals surface area contributed by atoms with Gasteiger partial charge in [-0.1, -0.05) is 48.9 Å². The third kappa shape index (κ3) is 3.96. The molecule has 17 heavy (non-hydrogen) atoms. The van der Waals surface area contributed by atoms with Gasteiger partial charge in [0.25, 0.3) is 0 Å². The quantitative estimate of drug-likeness (QED) is 0.809. The lowest BCUT2D eigenvalue weighted by molar-refractivity contribution is 0.511. The van der Waals surface area contributed by atoms with Gasteiger partial charge in [-0.05, 0) is 30.5 Å². The van der Waals surface area contributed by atoms with Crippen LogP contribution in [0.5, 0.6) is 0 Å². The highest BCUT2D eigenvalue weighted by Gasteiger charge is 2.13. The number of benzene rings is 1. The fourth-order valence-electron chi connectivity index (χ4n) is 1.79. The maximum Gasteiger partial charge on any atom is 0.106 e. The smallest absolute Gasteiger partial charge is 0.106 e. The molecule has 0 aliphatic heterocycles. The summed E-state index contributed by atoms with van der Waals surface area (Å²) in [6.45, 7) is 6.60. The highest BCUT2D eigenvalue weighted by atomic mass is 79.9. The first-order chi connectivity index (χ1) is 7.95. The van der Waals surface area contributed by atoms with Crippen LogP contribution in [0.4, 0.5) is 5.69 Å². The van der Waals surface area contributed by atoms with E-state index in [1.54, 1.807) is 0 Å². The first-order valence-corrected chi connectivity index (χ1v) is 7.01. The monoisotopic (exact) mass is 314 g/mol. The number of nitrogens with one attached hydrogen (secondary N) is 1. The predicted molar refractivity (Wildman–Crippen MR) is 82.6 cm³/mol. The maximum atomic E-state index is 5.75. The summed E-state index contributed by atoms with van der Waals surface area (Å²) in [4.78, 5) is 0.424. The molecule has 0 saturated heterocycles. The second kappa shape index (κ2) is 6.36. The van der Waals surface area contributed by atoms with Crippen LogP contribution in [-0.4, -0.2) is 11.0 Å². The fourth-order valence-corrected chi connectivity index (χ4v) is 2.32. The number of rotatable bonds is 5. The zero-order valence-electron chi connectivity index (χ0n) is 10.5. The van der Waals surface area contributed by atoms with Crippen LogP contribution in [0, 0.1) is 5.92 Å². The predicted octanol–water partition coefficient (Wildman–Crippen LogP) is 3.93. The lowest BCUT2D eigenvalue weighted by Gasteiger charge is -2.23. The van der Waals surface area contributed by atoms with Crippen LogP contribution in [0.15, 0.2) is 22.7 Å². The average molecular weight is 315 g/mol. The lowest BCUT2D eigenvalue weighted by atomic mass is 10.0. The summed E-state index contributed by atoms with van der Waals surface area (Å²) in [6, 6.07) is 6.41. The third-order valence-electron chi connectivity index (χ3n) is 2.83.